The highest BCUT2D eigenvalue weighted by Gasteiger charge is 2.28. The topological polar surface area (TPSA) is 84.0 Å². The Balaban J connectivity index is 1.46. The number of thioether (sulfide) groups is 2. The molecule has 2 amide bonds. The van der Waals surface area contributed by atoms with Gasteiger partial charge >= 0.3 is 0 Å². The first kappa shape index (κ1) is 17.0. The average molecular weight is 373 g/mol. The SMILES string of the molecule is C[C@H](Sc1nnc(S[C@@H](C)C(=O)NC2CC2)s1)C(=O)NC1CC1. The van der Waals surface area contributed by atoms with E-state index >= 15 is 0 Å². The smallest absolute Gasteiger partial charge is 0.233 e. The molecular weight excluding hydrogens is 352 g/mol. The van der Waals surface area contributed by atoms with E-state index in [1.807, 2.05) is 13.8 Å². The number of carbonyl (C=O) groups is 2. The maximum absolute atomic E-state index is 11.9. The largest absolute Gasteiger partial charge is 0.352 e. The minimum atomic E-state index is -0.183. The molecule has 1 heterocycles. The second kappa shape index (κ2) is 7.40. The van der Waals surface area contributed by atoms with Crippen LogP contribution in [0.1, 0.15) is 39.5 Å². The Labute approximate surface area is 148 Å². The molecule has 0 aromatic carbocycles. The lowest BCUT2D eigenvalue weighted by Gasteiger charge is -2.09. The molecule has 2 fully saturated rings. The summed E-state index contributed by atoms with van der Waals surface area (Å²) in [6.07, 6.45) is 4.35. The molecule has 2 N–H and O–H groups in total. The molecule has 0 aliphatic heterocycles. The van der Waals surface area contributed by atoms with Crippen LogP contribution in [0.4, 0.5) is 0 Å². The van der Waals surface area contributed by atoms with Crippen LogP contribution in [0.15, 0.2) is 8.68 Å². The van der Waals surface area contributed by atoms with Crippen LogP contribution >= 0.6 is 34.9 Å². The first-order valence-corrected chi connectivity index (χ1v) is 10.4. The van der Waals surface area contributed by atoms with Crippen molar-refractivity contribution in [2.75, 3.05) is 0 Å². The van der Waals surface area contributed by atoms with E-state index in [2.05, 4.69) is 20.8 Å². The van der Waals surface area contributed by atoms with Gasteiger partial charge in [-0.25, -0.2) is 0 Å². The molecule has 6 nitrogen and oxygen atoms in total. The first-order valence-electron chi connectivity index (χ1n) is 7.79. The molecule has 0 bridgehead atoms. The zero-order valence-electron chi connectivity index (χ0n) is 13.1. The van der Waals surface area contributed by atoms with Gasteiger partial charge in [-0.2, -0.15) is 0 Å². The summed E-state index contributed by atoms with van der Waals surface area (Å²) in [6, 6.07) is 0.744. The maximum Gasteiger partial charge on any atom is 0.233 e. The highest BCUT2D eigenvalue weighted by atomic mass is 32.2. The molecule has 1 aromatic rings. The molecule has 2 aliphatic rings. The summed E-state index contributed by atoms with van der Waals surface area (Å²) in [5.41, 5.74) is 0. The molecule has 2 saturated carbocycles. The lowest BCUT2D eigenvalue weighted by molar-refractivity contribution is -0.121. The van der Waals surface area contributed by atoms with Crippen molar-refractivity contribution >= 4 is 46.7 Å². The summed E-state index contributed by atoms with van der Waals surface area (Å²) in [4.78, 5) is 23.9. The van der Waals surface area contributed by atoms with Gasteiger partial charge in [-0.15, -0.1) is 10.2 Å². The fourth-order valence-corrected chi connectivity index (χ4v) is 5.12. The van der Waals surface area contributed by atoms with Crippen LogP contribution < -0.4 is 10.6 Å². The van der Waals surface area contributed by atoms with E-state index < -0.39 is 0 Å². The number of carbonyl (C=O) groups excluding carboxylic acids is 2. The summed E-state index contributed by atoms with van der Waals surface area (Å²) < 4.78 is 1.53. The number of nitrogens with one attached hydrogen (secondary N) is 2. The minimum absolute atomic E-state index is 0.0547. The van der Waals surface area contributed by atoms with E-state index in [0.717, 1.165) is 34.4 Å². The fourth-order valence-electron chi connectivity index (χ4n) is 1.79. The van der Waals surface area contributed by atoms with Crippen molar-refractivity contribution in [2.45, 2.75) is 70.8 Å². The molecule has 1 aromatic heterocycles. The zero-order chi connectivity index (χ0) is 16.4. The average Bonchev–Trinajstić information content (AvgIpc) is 3.42. The Bertz CT molecular complexity index is 538. The van der Waals surface area contributed by atoms with Gasteiger partial charge in [0, 0.05) is 12.1 Å². The normalized spacial score (nSPS) is 19.9. The lowest BCUT2D eigenvalue weighted by Crippen LogP contribution is -2.32. The summed E-state index contributed by atoms with van der Waals surface area (Å²) in [5.74, 6) is 0.109. The van der Waals surface area contributed by atoms with E-state index in [4.69, 9.17) is 0 Å². The van der Waals surface area contributed by atoms with E-state index in [9.17, 15) is 9.59 Å². The van der Waals surface area contributed by atoms with E-state index in [-0.39, 0.29) is 22.3 Å². The van der Waals surface area contributed by atoms with Gasteiger partial charge < -0.3 is 10.6 Å². The van der Waals surface area contributed by atoms with Crippen LogP contribution in [-0.4, -0.2) is 44.6 Å². The van der Waals surface area contributed by atoms with Crippen LogP contribution in [0.5, 0.6) is 0 Å². The van der Waals surface area contributed by atoms with E-state index in [0.29, 0.717) is 12.1 Å². The standard InChI is InChI=1S/C14H20N4O2S3/c1-7(11(19)15-9-3-4-9)21-13-17-18-14(23-13)22-8(2)12(20)16-10-5-6-10/h7-10H,3-6H2,1-2H3,(H,15,19)(H,16,20)/t7-,8-/m0/s1. The highest BCUT2D eigenvalue weighted by molar-refractivity contribution is 8.04. The van der Waals surface area contributed by atoms with Gasteiger partial charge in [0.15, 0.2) is 8.68 Å². The molecule has 23 heavy (non-hydrogen) atoms. The molecule has 0 unspecified atom stereocenters. The predicted octanol–water partition coefficient (Wildman–Crippen LogP) is 2.06. The molecule has 2 aliphatic carbocycles. The molecule has 0 saturated heterocycles. The summed E-state index contributed by atoms with van der Waals surface area (Å²) in [7, 11) is 0. The van der Waals surface area contributed by atoms with Crippen molar-refractivity contribution in [2.24, 2.45) is 0 Å². The molecule has 9 heteroatoms. The van der Waals surface area contributed by atoms with Gasteiger partial charge in [0.25, 0.3) is 0 Å². The van der Waals surface area contributed by atoms with Crippen LogP contribution in [-0.2, 0) is 9.59 Å². The Morgan fingerprint density at radius 3 is 1.70 bits per heavy atom. The highest BCUT2D eigenvalue weighted by Crippen LogP contribution is 2.33. The quantitative estimate of drug-likeness (QED) is 0.680. The summed E-state index contributed by atoms with van der Waals surface area (Å²) in [6.45, 7) is 3.75. The third-order valence-electron chi connectivity index (χ3n) is 3.53. The van der Waals surface area contributed by atoms with Gasteiger partial charge in [-0.1, -0.05) is 34.9 Å². The van der Waals surface area contributed by atoms with Crippen molar-refractivity contribution in [3.8, 4) is 0 Å². The number of rotatable bonds is 8. The van der Waals surface area contributed by atoms with Gasteiger partial charge in [0.05, 0.1) is 10.5 Å². The molecule has 2 atom stereocenters. The van der Waals surface area contributed by atoms with E-state index in [1.165, 1.54) is 34.9 Å². The van der Waals surface area contributed by atoms with Crippen LogP contribution in [0.25, 0.3) is 0 Å². The molecule has 0 radical (unpaired) electrons. The van der Waals surface area contributed by atoms with Gasteiger partial charge in [0.1, 0.15) is 0 Å². The fraction of sp³-hybridized carbons (Fsp3) is 0.714. The maximum atomic E-state index is 11.9. The van der Waals surface area contributed by atoms with Gasteiger partial charge in [-0.3, -0.25) is 9.59 Å². The Morgan fingerprint density at radius 1 is 0.957 bits per heavy atom. The predicted molar refractivity (Wildman–Crippen MR) is 92.9 cm³/mol. The Kier molecular flexibility index (Phi) is 5.48. The van der Waals surface area contributed by atoms with Crippen molar-refractivity contribution in [3.05, 3.63) is 0 Å². The molecule has 0 spiro atoms. The van der Waals surface area contributed by atoms with Crippen LogP contribution in [0.2, 0.25) is 0 Å². The number of hydrogen-bond donors (Lipinski definition) is 2. The summed E-state index contributed by atoms with van der Waals surface area (Å²) in [5, 5.41) is 13.9. The van der Waals surface area contributed by atoms with Gasteiger partial charge in [-0.05, 0) is 39.5 Å². The third-order valence-corrected chi connectivity index (χ3v) is 6.82. The van der Waals surface area contributed by atoms with Crippen molar-refractivity contribution in [1.29, 1.82) is 0 Å². The summed E-state index contributed by atoms with van der Waals surface area (Å²) >= 11 is 4.27. The van der Waals surface area contributed by atoms with Crippen molar-refractivity contribution in [1.82, 2.24) is 20.8 Å². The zero-order valence-corrected chi connectivity index (χ0v) is 15.5. The van der Waals surface area contributed by atoms with Crippen LogP contribution in [0, 0.1) is 0 Å². The number of nitrogens with zero attached hydrogens (tertiary/aromatic N) is 2. The number of aromatic nitrogens is 2. The second-order valence-corrected chi connectivity index (χ2v) is 10.1. The second-order valence-electron chi connectivity index (χ2n) is 5.92. The van der Waals surface area contributed by atoms with E-state index in [1.54, 1.807) is 0 Å². The van der Waals surface area contributed by atoms with Crippen molar-refractivity contribution in [3.63, 3.8) is 0 Å². The van der Waals surface area contributed by atoms with Crippen LogP contribution in [0.3, 0.4) is 0 Å². The van der Waals surface area contributed by atoms with Crippen molar-refractivity contribution < 1.29 is 9.59 Å². The number of amides is 2. The minimum Gasteiger partial charge on any atom is -0.352 e. The molecule has 3 rings (SSSR count). The third kappa shape index (κ3) is 5.36. The molecule has 126 valence electrons. The number of hydrogen-bond acceptors (Lipinski definition) is 7. The monoisotopic (exact) mass is 372 g/mol. The lowest BCUT2D eigenvalue weighted by atomic mass is 10.4. The van der Waals surface area contributed by atoms with Gasteiger partial charge in [0.2, 0.25) is 11.8 Å². The Morgan fingerprint density at radius 2 is 1.35 bits per heavy atom. The first-order chi connectivity index (χ1) is 11.0. The Hall–Kier alpha value is -0.800. The molecular formula is C14H20N4O2S3.